The Hall–Kier alpha value is -4.98. The van der Waals surface area contributed by atoms with E-state index >= 15 is 0 Å². The zero-order valence-electron chi connectivity index (χ0n) is 21.1. The molecule has 4 aromatic rings. The summed E-state index contributed by atoms with van der Waals surface area (Å²) in [5.41, 5.74) is 10.5. The number of nitrogens with one attached hydrogen (secondary N) is 4. The van der Waals surface area contributed by atoms with Crippen molar-refractivity contribution < 1.29 is 4.79 Å². The molecule has 0 aliphatic carbocycles. The molecule has 0 spiro atoms. The minimum absolute atomic E-state index is 0.284. The topological polar surface area (TPSA) is 133 Å². The fraction of sp³-hybridized carbons (Fsp3) is 0.103. The van der Waals surface area contributed by atoms with Crippen molar-refractivity contribution in [1.29, 1.82) is 10.8 Å². The molecule has 8 nitrogen and oxygen atoms in total. The summed E-state index contributed by atoms with van der Waals surface area (Å²) in [7, 11) is 0. The van der Waals surface area contributed by atoms with E-state index in [0.717, 1.165) is 34.1 Å². The van der Waals surface area contributed by atoms with Gasteiger partial charge in [0.15, 0.2) is 5.82 Å². The van der Waals surface area contributed by atoms with Crippen molar-refractivity contribution in [1.82, 2.24) is 9.78 Å². The Balaban J connectivity index is 0.00000186. The lowest BCUT2D eigenvalue weighted by atomic mass is 10.1. The van der Waals surface area contributed by atoms with Gasteiger partial charge in [0.25, 0.3) is 5.91 Å². The van der Waals surface area contributed by atoms with Gasteiger partial charge in [0.05, 0.1) is 16.8 Å². The van der Waals surface area contributed by atoms with Gasteiger partial charge in [-0.3, -0.25) is 4.79 Å². The molecule has 0 saturated heterocycles. The zero-order chi connectivity index (χ0) is 26.8. The second-order valence-corrected chi connectivity index (χ2v) is 7.64. The van der Waals surface area contributed by atoms with Crippen LogP contribution in [0.1, 0.15) is 26.3 Å². The van der Waals surface area contributed by atoms with Crippen molar-refractivity contribution in [2.75, 3.05) is 10.6 Å². The highest BCUT2D eigenvalue weighted by Gasteiger charge is 2.13. The van der Waals surface area contributed by atoms with Crippen LogP contribution < -0.4 is 16.4 Å². The van der Waals surface area contributed by atoms with Gasteiger partial charge in [-0.05, 0) is 55.0 Å². The van der Waals surface area contributed by atoms with E-state index in [1.165, 1.54) is 12.4 Å². The first kappa shape index (κ1) is 26.6. The second kappa shape index (κ2) is 12.6. The van der Waals surface area contributed by atoms with Crippen molar-refractivity contribution in [2.24, 2.45) is 5.73 Å². The molecule has 188 valence electrons. The van der Waals surface area contributed by atoms with Gasteiger partial charge < -0.3 is 27.2 Å². The van der Waals surface area contributed by atoms with Crippen molar-refractivity contribution >= 4 is 52.0 Å². The molecular weight excluding hydrogens is 462 g/mol. The van der Waals surface area contributed by atoms with E-state index in [4.69, 9.17) is 21.7 Å². The highest BCUT2D eigenvalue weighted by atomic mass is 16.1. The van der Waals surface area contributed by atoms with E-state index in [2.05, 4.69) is 10.6 Å². The zero-order valence-corrected chi connectivity index (χ0v) is 21.1. The van der Waals surface area contributed by atoms with Crippen molar-refractivity contribution in [3.05, 3.63) is 96.2 Å². The number of carbonyl (C=O) groups excluding carboxylic acids is 1. The third kappa shape index (κ3) is 5.99. The van der Waals surface area contributed by atoms with Crippen LogP contribution in [-0.4, -0.2) is 28.1 Å². The van der Waals surface area contributed by atoms with Gasteiger partial charge in [-0.15, -0.1) is 5.10 Å². The number of nitrogens with two attached hydrogens (primary N) is 1. The number of allylic oxidation sites excluding steroid dienone is 2. The molecule has 0 atom stereocenters. The van der Waals surface area contributed by atoms with Crippen LogP contribution in [0, 0.1) is 10.8 Å². The molecule has 1 heterocycles. The standard InChI is InChI=1S/C27H25N7O.C2H6/c1-2-18(15-28)27(35)32-22-6-5-7-23(14-22)34-25-9-4-3-8-24(25)26(33-34)31-21-12-10-19(11-13-21)20(16-29)17-30;1-2/h2-17,28-29H,30H2,1H3,(H,31,33)(H,32,35);1-2H3/b18-2+,20-17+,28-15?,29-16?;. The smallest absolute Gasteiger partial charge is 0.256 e. The fourth-order valence-corrected chi connectivity index (χ4v) is 3.66. The number of hydrogen-bond acceptors (Lipinski definition) is 6. The lowest BCUT2D eigenvalue weighted by molar-refractivity contribution is -0.112. The summed E-state index contributed by atoms with van der Waals surface area (Å²) in [6.45, 7) is 5.72. The van der Waals surface area contributed by atoms with Crippen LogP contribution in [0.4, 0.5) is 17.2 Å². The molecule has 0 bridgehead atoms. The van der Waals surface area contributed by atoms with Crippen LogP contribution in [0.2, 0.25) is 0 Å². The first-order valence-electron chi connectivity index (χ1n) is 11.9. The third-order valence-corrected chi connectivity index (χ3v) is 5.48. The highest BCUT2D eigenvalue weighted by Crippen LogP contribution is 2.29. The van der Waals surface area contributed by atoms with Gasteiger partial charge in [0.2, 0.25) is 0 Å². The monoisotopic (exact) mass is 493 g/mol. The Labute approximate surface area is 216 Å². The van der Waals surface area contributed by atoms with E-state index in [1.54, 1.807) is 19.1 Å². The number of hydrogen-bond donors (Lipinski definition) is 5. The summed E-state index contributed by atoms with van der Waals surface area (Å²) in [6.07, 6.45) is 5.25. The summed E-state index contributed by atoms with van der Waals surface area (Å²) in [5.74, 6) is 0.343. The Morgan fingerprint density at radius 2 is 1.68 bits per heavy atom. The highest BCUT2D eigenvalue weighted by molar-refractivity contribution is 6.17. The number of carbonyl (C=O) groups is 1. The lowest BCUT2D eigenvalue weighted by Gasteiger charge is -2.09. The molecule has 4 rings (SSSR count). The van der Waals surface area contributed by atoms with Crippen LogP contribution >= 0.6 is 0 Å². The predicted octanol–water partition coefficient (Wildman–Crippen LogP) is 6.28. The van der Waals surface area contributed by atoms with Crippen LogP contribution in [-0.2, 0) is 4.79 Å². The van der Waals surface area contributed by atoms with Crippen LogP contribution in [0.5, 0.6) is 0 Å². The SMILES string of the molecule is C/C=C(\C=N)C(=O)Nc1cccc(-n2nc(Nc3ccc(/C(C=N)=C/N)cc3)c3ccccc32)c1.CC. The van der Waals surface area contributed by atoms with Gasteiger partial charge in [-0.2, -0.15) is 0 Å². The van der Waals surface area contributed by atoms with Crippen LogP contribution in [0.15, 0.2) is 90.6 Å². The maximum Gasteiger partial charge on any atom is 0.256 e. The average Bonchev–Trinajstić information content (AvgIpc) is 3.30. The molecule has 0 fully saturated rings. The van der Waals surface area contributed by atoms with Crippen LogP contribution in [0.3, 0.4) is 0 Å². The molecule has 0 radical (unpaired) electrons. The molecular formula is C29H31N7O. The van der Waals surface area contributed by atoms with E-state index < -0.39 is 0 Å². The van der Waals surface area contributed by atoms with E-state index in [9.17, 15) is 4.79 Å². The number of fused-ring (bicyclic) bond motifs is 1. The van der Waals surface area contributed by atoms with Gasteiger partial charge in [0, 0.05) is 41.0 Å². The Morgan fingerprint density at radius 1 is 0.946 bits per heavy atom. The van der Waals surface area contributed by atoms with Gasteiger partial charge >= 0.3 is 0 Å². The predicted molar refractivity (Wildman–Crippen MR) is 154 cm³/mol. The normalized spacial score (nSPS) is 11.3. The molecule has 37 heavy (non-hydrogen) atoms. The number of benzene rings is 3. The molecule has 0 aliphatic rings. The molecule has 3 aromatic carbocycles. The molecule has 1 amide bonds. The number of rotatable bonds is 8. The Morgan fingerprint density at radius 3 is 2.32 bits per heavy atom. The molecule has 0 aliphatic heterocycles. The van der Waals surface area contributed by atoms with Crippen LogP contribution in [0.25, 0.3) is 22.2 Å². The quantitative estimate of drug-likeness (QED) is 0.146. The first-order chi connectivity index (χ1) is 18.1. The van der Waals surface area contributed by atoms with Crippen molar-refractivity contribution in [2.45, 2.75) is 20.8 Å². The van der Waals surface area contributed by atoms with Gasteiger partial charge in [0.1, 0.15) is 0 Å². The summed E-state index contributed by atoms with van der Waals surface area (Å²) in [6, 6.07) is 22.9. The molecule has 8 heteroatoms. The number of para-hydroxylation sites is 1. The maximum absolute atomic E-state index is 12.4. The molecule has 6 N–H and O–H groups in total. The number of anilines is 3. The summed E-state index contributed by atoms with van der Waals surface area (Å²) in [4.78, 5) is 12.4. The second-order valence-electron chi connectivity index (χ2n) is 7.64. The largest absolute Gasteiger partial charge is 0.404 e. The average molecular weight is 494 g/mol. The minimum Gasteiger partial charge on any atom is -0.404 e. The van der Waals surface area contributed by atoms with Gasteiger partial charge in [-0.25, -0.2) is 4.68 Å². The van der Waals surface area contributed by atoms with Gasteiger partial charge in [-0.1, -0.05) is 50.3 Å². The van der Waals surface area contributed by atoms with Crippen molar-refractivity contribution in [3.63, 3.8) is 0 Å². The Bertz CT molecular complexity index is 1460. The number of nitrogens with zero attached hydrogens (tertiary/aromatic N) is 2. The third-order valence-electron chi connectivity index (χ3n) is 5.48. The molecule has 1 aromatic heterocycles. The first-order valence-corrected chi connectivity index (χ1v) is 11.9. The maximum atomic E-state index is 12.4. The van der Waals surface area contributed by atoms with E-state index in [1.807, 2.05) is 85.3 Å². The van der Waals surface area contributed by atoms with Crippen molar-refractivity contribution in [3.8, 4) is 5.69 Å². The molecule has 0 unspecified atom stereocenters. The fourth-order valence-electron chi connectivity index (χ4n) is 3.66. The summed E-state index contributed by atoms with van der Waals surface area (Å²) in [5, 5.41) is 26.8. The van der Waals surface area contributed by atoms with E-state index in [-0.39, 0.29) is 11.5 Å². The summed E-state index contributed by atoms with van der Waals surface area (Å²) < 4.78 is 1.82. The minimum atomic E-state index is -0.341. The number of aromatic nitrogens is 2. The number of amides is 1. The Kier molecular flexibility index (Phi) is 9.10. The molecule has 0 saturated carbocycles. The van der Waals surface area contributed by atoms with E-state index in [0.29, 0.717) is 17.1 Å². The lowest BCUT2D eigenvalue weighted by Crippen LogP contribution is -2.15. The summed E-state index contributed by atoms with van der Waals surface area (Å²) >= 11 is 0.